The van der Waals surface area contributed by atoms with Crippen LogP contribution in [-0.2, 0) is 19.5 Å². The van der Waals surface area contributed by atoms with Crippen LogP contribution in [0.2, 0.25) is 0 Å². The van der Waals surface area contributed by atoms with Crippen molar-refractivity contribution >= 4 is 27.3 Å². The number of nitrogens with two attached hydrogens (primary N) is 1. The molecule has 0 saturated heterocycles. The van der Waals surface area contributed by atoms with Gasteiger partial charge in [-0.3, -0.25) is 0 Å². The van der Waals surface area contributed by atoms with E-state index in [1.54, 1.807) is 16.0 Å². The van der Waals surface area contributed by atoms with Crippen LogP contribution >= 0.6 is 27.3 Å². The predicted octanol–water partition coefficient (Wildman–Crippen LogP) is 1.20. The van der Waals surface area contributed by atoms with Gasteiger partial charge in [-0.25, -0.2) is 4.68 Å². The average molecular weight is 288 g/mol. The smallest absolute Gasteiger partial charge is 0.164 e. The normalized spacial score (nSPS) is 10.8. The molecule has 0 bridgehead atoms. The van der Waals surface area contributed by atoms with E-state index in [1.165, 1.54) is 4.88 Å². The van der Waals surface area contributed by atoms with Crippen molar-refractivity contribution in [2.45, 2.75) is 19.5 Å². The van der Waals surface area contributed by atoms with Crippen LogP contribution in [-0.4, -0.2) is 20.2 Å². The highest BCUT2D eigenvalue weighted by molar-refractivity contribution is 9.11. The van der Waals surface area contributed by atoms with E-state index in [0.29, 0.717) is 6.54 Å². The van der Waals surface area contributed by atoms with Crippen LogP contribution in [0.25, 0.3) is 0 Å². The average Bonchev–Trinajstić information content (AvgIpc) is 2.83. The fourth-order valence-corrected chi connectivity index (χ4v) is 2.72. The molecule has 0 unspecified atom stereocenters. The molecule has 0 amide bonds. The molecule has 2 aromatic rings. The van der Waals surface area contributed by atoms with Crippen LogP contribution in [0, 0.1) is 0 Å². The summed E-state index contributed by atoms with van der Waals surface area (Å²) in [5, 5.41) is 11.3. The van der Waals surface area contributed by atoms with Crippen molar-refractivity contribution in [2.75, 3.05) is 0 Å². The zero-order valence-electron chi connectivity index (χ0n) is 7.93. The van der Waals surface area contributed by atoms with Crippen molar-refractivity contribution in [1.82, 2.24) is 20.2 Å². The van der Waals surface area contributed by atoms with Gasteiger partial charge in [0.25, 0.3) is 0 Å². The molecule has 2 rings (SSSR count). The molecule has 0 radical (unpaired) electrons. The Balaban J connectivity index is 1.98. The highest BCUT2D eigenvalue weighted by Crippen LogP contribution is 2.22. The van der Waals surface area contributed by atoms with E-state index in [2.05, 4.69) is 37.5 Å². The zero-order chi connectivity index (χ0) is 10.7. The molecular formula is C8H10BrN5S. The summed E-state index contributed by atoms with van der Waals surface area (Å²) in [6.45, 7) is 1.15. The Morgan fingerprint density at radius 2 is 2.33 bits per heavy atom. The van der Waals surface area contributed by atoms with E-state index in [1.807, 2.05) is 6.07 Å². The molecule has 15 heavy (non-hydrogen) atoms. The number of hydrogen-bond donors (Lipinski definition) is 1. The van der Waals surface area contributed by atoms with Crippen LogP contribution in [0.4, 0.5) is 0 Å². The third-order valence-corrected chi connectivity index (χ3v) is 3.67. The zero-order valence-corrected chi connectivity index (χ0v) is 10.3. The molecule has 0 fully saturated rings. The molecule has 2 aromatic heterocycles. The quantitative estimate of drug-likeness (QED) is 0.917. The number of aromatic nitrogens is 4. The molecule has 7 heteroatoms. The molecule has 0 spiro atoms. The Bertz CT molecular complexity index is 438. The minimum Gasteiger partial charge on any atom is -0.324 e. The second-order valence-corrected chi connectivity index (χ2v) is 5.53. The van der Waals surface area contributed by atoms with Gasteiger partial charge < -0.3 is 5.73 Å². The maximum atomic E-state index is 5.50. The fraction of sp³-hybridized carbons (Fsp3) is 0.375. The van der Waals surface area contributed by atoms with Crippen LogP contribution in [0.3, 0.4) is 0 Å². The molecule has 80 valence electrons. The van der Waals surface area contributed by atoms with Crippen LogP contribution in [0.5, 0.6) is 0 Å². The SMILES string of the molecule is NCc1nnnn1CCc1ccc(Br)s1. The number of rotatable bonds is 4. The molecule has 0 aliphatic rings. The predicted molar refractivity (Wildman–Crippen MR) is 61.4 cm³/mol. The number of halogens is 1. The molecule has 2 N–H and O–H groups in total. The van der Waals surface area contributed by atoms with Gasteiger partial charge >= 0.3 is 0 Å². The number of tetrazole rings is 1. The van der Waals surface area contributed by atoms with Gasteiger partial charge in [0.1, 0.15) is 0 Å². The molecular weight excluding hydrogens is 278 g/mol. The van der Waals surface area contributed by atoms with Crippen molar-refractivity contribution in [3.8, 4) is 0 Å². The monoisotopic (exact) mass is 287 g/mol. The first-order valence-corrected chi connectivity index (χ1v) is 6.10. The van der Waals surface area contributed by atoms with E-state index in [0.717, 1.165) is 22.6 Å². The highest BCUT2D eigenvalue weighted by atomic mass is 79.9. The topological polar surface area (TPSA) is 69.6 Å². The maximum absolute atomic E-state index is 5.50. The second-order valence-electron chi connectivity index (χ2n) is 2.98. The van der Waals surface area contributed by atoms with Crippen molar-refractivity contribution in [2.24, 2.45) is 5.73 Å². The Morgan fingerprint density at radius 3 is 3.00 bits per heavy atom. The van der Waals surface area contributed by atoms with E-state index in [9.17, 15) is 0 Å². The summed E-state index contributed by atoms with van der Waals surface area (Å²) in [4.78, 5) is 1.31. The first kappa shape index (κ1) is 10.7. The fourth-order valence-electron chi connectivity index (χ4n) is 1.25. The number of thiophene rings is 1. The molecule has 5 nitrogen and oxygen atoms in total. The van der Waals surface area contributed by atoms with E-state index >= 15 is 0 Å². The molecule has 0 aliphatic heterocycles. The maximum Gasteiger partial charge on any atom is 0.164 e. The molecule has 0 saturated carbocycles. The molecule has 0 aromatic carbocycles. The van der Waals surface area contributed by atoms with Crippen molar-refractivity contribution in [3.05, 3.63) is 26.6 Å². The van der Waals surface area contributed by atoms with Gasteiger partial charge in [0, 0.05) is 17.8 Å². The van der Waals surface area contributed by atoms with Gasteiger partial charge in [0.2, 0.25) is 0 Å². The largest absolute Gasteiger partial charge is 0.324 e. The van der Waals surface area contributed by atoms with Crippen molar-refractivity contribution in [1.29, 1.82) is 0 Å². The Morgan fingerprint density at radius 1 is 1.47 bits per heavy atom. The van der Waals surface area contributed by atoms with Crippen molar-refractivity contribution in [3.63, 3.8) is 0 Å². The minimum atomic E-state index is 0.376. The lowest BCUT2D eigenvalue weighted by molar-refractivity contribution is 0.567. The van der Waals surface area contributed by atoms with E-state index in [-0.39, 0.29) is 0 Å². The first-order chi connectivity index (χ1) is 7.29. The summed E-state index contributed by atoms with van der Waals surface area (Å²) < 4.78 is 2.89. The standard InChI is InChI=1S/C8H10BrN5S/c9-7-2-1-6(15-7)3-4-14-8(5-10)11-12-13-14/h1-2H,3-5,10H2. The lowest BCUT2D eigenvalue weighted by Crippen LogP contribution is -2.11. The van der Waals surface area contributed by atoms with Gasteiger partial charge in [0.05, 0.1) is 10.3 Å². The molecule has 2 heterocycles. The number of nitrogens with zero attached hydrogens (tertiary/aromatic N) is 4. The minimum absolute atomic E-state index is 0.376. The summed E-state index contributed by atoms with van der Waals surface area (Å²) in [5.41, 5.74) is 5.50. The Labute approximate surface area is 99.4 Å². The summed E-state index contributed by atoms with van der Waals surface area (Å²) in [6, 6.07) is 4.14. The molecule has 0 atom stereocenters. The second kappa shape index (κ2) is 4.82. The van der Waals surface area contributed by atoms with Gasteiger partial charge in [-0.15, -0.1) is 16.4 Å². The summed E-state index contributed by atoms with van der Waals surface area (Å²) >= 11 is 5.16. The molecule has 0 aliphatic carbocycles. The number of aryl methyl sites for hydroxylation is 2. The first-order valence-electron chi connectivity index (χ1n) is 4.49. The van der Waals surface area contributed by atoms with E-state index < -0.39 is 0 Å². The van der Waals surface area contributed by atoms with Crippen LogP contribution < -0.4 is 5.73 Å². The summed E-state index contributed by atoms with van der Waals surface area (Å²) in [5.74, 6) is 0.727. The third-order valence-electron chi connectivity index (χ3n) is 1.99. The lowest BCUT2D eigenvalue weighted by Gasteiger charge is -2.00. The van der Waals surface area contributed by atoms with Gasteiger partial charge in [-0.1, -0.05) is 0 Å². The van der Waals surface area contributed by atoms with Gasteiger partial charge in [-0.2, -0.15) is 0 Å². The van der Waals surface area contributed by atoms with Gasteiger partial charge in [0.15, 0.2) is 5.82 Å². The lowest BCUT2D eigenvalue weighted by atomic mass is 10.3. The Kier molecular flexibility index (Phi) is 3.45. The summed E-state index contributed by atoms with van der Waals surface area (Å²) in [6.07, 6.45) is 0.925. The highest BCUT2D eigenvalue weighted by Gasteiger charge is 2.04. The van der Waals surface area contributed by atoms with E-state index in [4.69, 9.17) is 5.73 Å². The Hall–Kier alpha value is -0.790. The van der Waals surface area contributed by atoms with Gasteiger partial charge in [-0.05, 0) is 38.5 Å². The van der Waals surface area contributed by atoms with Crippen LogP contribution in [0.1, 0.15) is 10.7 Å². The third kappa shape index (κ3) is 2.61. The number of hydrogen-bond acceptors (Lipinski definition) is 5. The van der Waals surface area contributed by atoms with Crippen LogP contribution in [0.15, 0.2) is 15.9 Å². The van der Waals surface area contributed by atoms with Crippen molar-refractivity contribution < 1.29 is 0 Å². The summed E-state index contributed by atoms with van der Waals surface area (Å²) in [7, 11) is 0.